The van der Waals surface area contributed by atoms with Crippen molar-refractivity contribution in [3.05, 3.63) is 59.7 Å². The zero-order chi connectivity index (χ0) is 24.3. The number of hydrogen-bond acceptors (Lipinski definition) is 8. The summed E-state index contributed by atoms with van der Waals surface area (Å²) in [4.78, 5) is 3.49. The van der Waals surface area contributed by atoms with Crippen molar-refractivity contribution in [2.45, 2.75) is 44.0 Å². The SMILES string of the molecule is C=NC(O)COc1ccc(C(C)(C)c2ccc(OCC(O)C[B]OCC(O)CN)cc2)cc1. The van der Waals surface area contributed by atoms with Gasteiger partial charge < -0.3 is 35.2 Å². The van der Waals surface area contributed by atoms with Crippen LogP contribution in [-0.4, -0.2) is 74.3 Å². The quantitative estimate of drug-likeness (QED) is 0.182. The average Bonchev–Trinajstić information content (AvgIpc) is 2.84. The number of ether oxygens (including phenoxy) is 2. The second kappa shape index (κ2) is 13.3. The lowest BCUT2D eigenvalue weighted by atomic mass is 9.78. The first-order valence-electron chi connectivity index (χ1n) is 10.9. The Morgan fingerprint density at radius 2 is 1.39 bits per heavy atom. The van der Waals surface area contributed by atoms with E-state index in [9.17, 15) is 15.3 Å². The highest BCUT2D eigenvalue weighted by atomic mass is 16.5. The predicted octanol–water partition coefficient (Wildman–Crippen LogP) is 1.52. The molecule has 8 nitrogen and oxygen atoms in total. The van der Waals surface area contributed by atoms with E-state index in [4.69, 9.17) is 19.9 Å². The minimum Gasteiger partial charge on any atom is -0.491 e. The predicted molar refractivity (Wildman–Crippen MR) is 129 cm³/mol. The summed E-state index contributed by atoms with van der Waals surface area (Å²) in [5.74, 6) is 1.31. The molecule has 0 aliphatic heterocycles. The maximum absolute atomic E-state index is 10.0. The summed E-state index contributed by atoms with van der Waals surface area (Å²) in [6.45, 7) is 7.96. The van der Waals surface area contributed by atoms with Crippen LogP contribution in [0.5, 0.6) is 11.5 Å². The van der Waals surface area contributed by atoms with E-state index in [-0.39, 0.29) is 38.1 Å². The summed E-state index contributed by atoms with van der Waals surface area (Å²) in [5.41, 5.74) is 7.26. The van der Waals surface area contributed by atoms with Gasteiger partial charge in [-0.1, -0.05) is 38.1 Å². The van der Waals surface area contributed by atoms with Crippen LogP contribution in [0.2, 0.25) is 6.32 Å². The molecule has 0 aliphatic carbocycles. The van der Waals surface area contributed by atoms with Gasteiger partial charge in [0, 0.05) is 12.0 Å². The third kappa shape index (κ3) is 8.79. The molecule has 2 aromatic carbocycles. The molecule has 0 heterocycles. The molecule has 0 fully saturated rings. The standard InChI is InChI=1S/C24H34BN2O6/c1-24(2,18-6-10-22(11-7-18)32-16-23(30)27-3)17-4-8-21(9-5-17)31-14-19(28)12-25-33-15-20(29)13-26/h4-11,19-20,23,28-30H,3,12-16,26H2,1-2H3. The largest absolute Gasteiger partial charge is 0.491 e. The lowest BCUT2D eigenvalue weighted by Crippen LogP contribution is -2.27. The topological polar surface area (TPSA) is 127 Å². The van der Waals surface area contributed by atoms with Gasteiger partial charge in [0.1, 0.15) is 24.7 Å². The van der Waals surface area contributed by atoms with Gasteiger partial charge in [0.2, 0.25) is 0 Å². The van der Waals surface area contributed by atoms with Crippen molar-refractivity contribution in [3.63, 3.8) is 0 Å². The Bertz CT molecular complexity index is 832. The van der Waals surface area contributed by atoms with Crippen molar-refractivity contribution >= 4 is 14.2 Å². The molecule has 33 heavy (non-hydrogen) atoms. The van der Waals surface area contributed by atoms with Crippen LogP contribution < -0.4 is 15.2 Å². The first-order valence-corrected chi connectivity index (χ1v) is 10.9. The fourth-order valence-electron chi connectivity index (χ4n) is 3.01. The monoisotopic (exact) mass is 457 g/mol. The van der Waals surface area contributed by atoms with Gasteiger partial charge >= 0.3 is 0 Å². The highest BCUT2D eigenvalue weighted by Gasteiger charge is 2.23. The lowest BCUT2D eigenvalue weighted by molar-refractivity contribution is 0.104. The van der Waals surface area contributed by atoms with Crippen LogP contribution in [0.25, 0.3) is 0 Å². The number of nitrogens with zero attached hydrogens (tertiary/aromatic N) is 1. The van der Waals surface area contributed by atoms with E-state index < -0.39 is 18.4 Å². The molecule has 0 amide bonds. The van der Waals surface area contributed by atoms with Crippen LogP contribution in [0.4, 0.5) is 0 Å². The zero-order valence-corrected chi connectivity index (χ0v) is 19.3. The third-order valence-corrected chi connectivity index (χ3v) is 5.25. The van der Waals surface area contributed by atoms with Gasteiger partial charge in [-0.25, -0.2) is 0 Å². The van der Waals surface area contributed by atoms with Gasteiger partial charge in [0.15, 0.2) is 6.23 Å². The Kier molecular flexibility index (Phi) is 10.8. The maximum Gasteiger partial charge on any atom is 0.295 e. The lowest BCUT2D eigenvalue weighted by Gasteiger charge is -2.26. The summed E-state index contributed by atoms with van der Waals surface area (Å²) in [7, 11) is 1.45. The fraction of sp³-hybridized carbons (Fsp3) is 0.458. The summed E-state index contributed by atoms with van der Waals surface area (Å²) in [6.07, 6.45) is -2.09. The van der Waals surface area contributed by atoms with E-state index in [0.29, 0.717) is 11.5 Å². The molecule has 0 saturated carbocycles. The molecular formula is C24H34BN2O6. The second-order valence-corrected chi connectivity index (χ2v) is 8.24. The van der Waals surface area contributed by atoms with E-state index in [0.717, 1.165) is 11.1 Å². The molecule has 0 spiro atoms. The Morgan fingerprint density at radius 1 is 0.879 bits per heavy atom. The smallest absolute Gasteiger partial charge is 0.295 e. The average molecular weight is 457 g/mol. The van der Waals surface area contributed by atoms with E-state index in [1.807, 2.05) is 48.5 Å². The minimum absolute atomic E-state index is 0.0604. The first kappa shape index (κ1) is 26.8. The van der Waals surface area contributed by atoms with Crippen LogP contribution in [0.15, 0.2) is 53.5 Å². The second-order valence-electron chi connectivity index (χ2n) is 8.24. The van der Waals surface area contributed by atoms with Crippen LogP contribution in [0, 0.1) is 0 Å². The van der Waals surface area contributed by atoms with Crippen molar-refractivity contribution in [1.82, 2.24) is 0 Å². The van der Waals surface area contributed by atoms with Crippen LogP contribution >= 0.6 is 0 Å². The van der Waals surface area contributed by atoms with Crippen LogP contribution in [0.3, 0.4) is 0 Å². The summed E-state index contributed by atoms with van der Waals surface area (Å²) < 4.78 is 16.3. The molecule has 0 bridgehead atoms. The Hall–Kier alpha value is -2.43. The summed E-state index contributed by atoms with van der Waals surface area (Å²) in [5, 5.41) is 28.7. The van der Waals surface area contributed by atoms with Gasteiger partial charge in [-0.15, -0.1) is 0 Å². The molecule has 179 valence electrons. The first-order chi connectivity index (χ1) is 15.8. The zero-order valence-electron chi connectivity index (χ0n) is 19.3. The number of aliphatic imine (C=N–C) groups is 1. The molecule has 3 unspecified atom stereocenters. The Morgan fingerprint density at radius 3 is 1.88 bits per heavy atom. The molecule has 5 N–H and O–H groups in total. The summed E-state index contributed by atoms with van der Waals surface area (Å²) in [6, 6.07) is 15.5. The van der Waals surface area contributed by atoms with Crippen molar-refractivity contribution in [2.75, 3.05) is 26.4 Å². The molecule has 0 aliphatic rings. The minimum atomic E-state index is -0.940. The number of nitrogens with two attached hydrogens (primary N) is 1. The highest BCUT2D eigenvalue weighted by Crippen LogP contribution is 2.33. The maximum atomic E-state index is 10.0. The van der Waals surface area contributed by atoms with Gasteiger partial charge in [-0.2, -0.15) is 0 Å². The molecule has 3 atom stereocenters. The molecule has 0 aromatic heterocycles. The molecule has 1 radical (unpaired) electrons. The third-order valence-electron chi connectivity index (χ3n) is 5.25. The van der Waals surface area contributed by atoms with Crippen LogP contribution in [-0.2, 0) is 10.1 Å². The molecule has 2 rings (SSSR count). The van der Waals surface area contributed by atoms with E-state index >= 15 is 0 Å². The normalized spacial score (nSPS) is 14.2. The van der Waals surface area contributed by atoms with Crippen LogP contribution in [0.1, 0.15) is 25.0 Å². The number of aliphatic hydroxyl groups excluding tert-OH is 3. The van der Waals surface area contributed by atoms with Gasteiger partial charge in [0.05, 0.1) is 18.8 Å². The van der Waals surface area contributed by atoms with Gasteiger partial charge in [-0.05, 0) is 48.4 Å². The number of hydrogen-bond donors (Lipinski definition) is 4. The molecular weight excluding hydrogens is 423 g/mol. The Labute approximate surface area is 196 Å². The summed E-state index contributed by atoms with van der Waals surface area (Å²) >= 11 is 0. The van der Waals surface area contributed by atoms with Gasteiger partial charge in [-0.3, -0.25) is 4.99 Å². The van der Waals surface area contributed by atoms with Crippen molar-refractivity contribution in [1.29, 1.82) is 0 Å². The van der Waals surface area contributed by atoms with Crippen molar-refractivity contribution < 1.29 is 29.4 Å². The number of rotatable bonds is 15. The van der Waals surface area contributed by atoms with E-state index in [1.54, 1.807) is 0 Å². The Balaban J connectivity index is 1.85. The van der Waals surface area contributed by atoms with Crippen molar-refractivity contribution in [2.24, 2.45) is 10.7 Å². The van der Waals surface area contributed by atoms with Crippen molar-refractivity contribution in [3.8, 4) is 11.5 Å². The fourth-order valence-corrected chi connectivity index (χ4v) is 3.01. The molecule has 9 heteroatoms. The van der Waals surface area contributed by atoms with E-state index in [1.165, 1.54) is 7.48 Å². The molecule has 0 saturated heterocycles. The van der Waals surface area contributed by atoms with E-state index in [2.05, 4.69) is 25.6 Å². The highest BCUT2D eigenvalue weighted by molar-refractivity contribution is 6.27. The number of aliphatic hydroxyl groups is 3. The molecule has 2 aromatic rings. The number of benzene rings is 2. The van der Waals surface area contributed by atoms with Gasteiger partial charge in [0.25, 0.3) is 7.48 Å².